The van der Waals surface area contributed by atoms with Crippen molar-refractivity contribution in [3.05, 3.63) is 64.5 Å². The minimum Gasteiger partial charge on any atom is -0.395 e. The largest absolute Gasteiger partial charge is 0.433 e. The van der Waals surface area contributed by atoms with E-state index in [0.717, 1.165) is 0 Å². The Labute approximate surface area is 165 Å². The van der Waals surface area contributed by atoms with Crippen molar-refractivity contribution in [2.45, 2.75) is 0 Å². The number of piperazine rings is 1. The molecule has 0 aromatic carbocycles. The first-order valence-corrected chi connectivity index (χ1v) is 8.90. The van der Waals surface area contributed by atoms with Crippen LogP contribution in [0.4, 0.5) is 23.3 Å². The Hall–Kier alpha value is -4.02. The third-order valence-electron chi connectivity index (χ3n) is 4.44. The molecule has 1 fully saturated rings. The van der Waals surface area contributed by atoms with Gasteiger partial charge in [-0.2, -0.15) is 0 Å². The van der Waals surface area contributed by atoms with Gasteiger partial charge in [-0.3, -0.25) is 14.9 Å². The van der Waals surface area contributed by atoms with Crippen LogP contribution in [-0.4, -0.2) is 57.1 Å². The zero-order chi connectivity index (χ0) is 20.2. The molecule has 0 bridgehead atoms. The Morgan fingerprint density at radius 2 is 1.86 bits per heavy atom. The summed E-state index contributed by atoms with van der Waals surface area (Å²) in [7, 11) is 0. The topological polar surface area (TPSA) is 131 Å². The van der Waals surface area contributed by atoms with Gasteiger partial charge in [-0.1, -0.05) is 6.07 Å². The highest BCUT2D eigenvalue weighted by atomic mass is 16.6. The van der Waals surface area contributed by atoms with Gasteiger partial charge in [0.15, 0.2) is 17.4 Å². The lowest BCUT2D eigenvalue weighted by Gasteiger charge is -2.34. The number of carbonyl (C=O) groups is 1. The standard InChI is InChI=1S/C18H17N7O4/c26-18(13-4-7-17(29-13)25(27)28)24-11-9-23(10-12-24)16-6-5-15(21-22-16)20-14-3-1-2-8-19-14/h1-8H,9-12H2,(H,19,20,21). The van der Waals surface area contributed by atoms with Crippen molar-refractivity contribution in [3.8, 4) is 0 Å². The Morgan fingerprint density at radius 3 is 2.48 bits per heavy atom. The first-order valence-electron chi connectivity index (χ1n) is 8.90. The molecule has 0 unspecified atom stereocenters. The third kappa shape index (κ3) is 4.13. The van der Waals surface area contributed by atoms with E-state index in [2.05, 4.69) is 20.5 Å². The van der Waals surface area contributed by atoms with Crippen LogP contribution in [0, 0.1) is 10.1 Å². The molecule has 11 nitrogen and oxygen atoms in total. The zero-order valence-electron chi connectivity index (χ0n) is 15.3. The maximum atomic E-state index is 12.4. The normalized spacial score (nSPS) is 13.9. The number of pyridine rings is 1. The number of amides is 1. The van der Waals surface area contributed by atoms with Gasteiger partial charge in [-0.15, -0.1) is 10.2 Å². The molecule has 1 N–H and O–H groups in total. The zero-order valence-corrected chi connectivity index (χ0v) is 15.3. The van der Waals surface area contributed by atoms with Gasteiger partial charge in [-0.25, -0.2) is 4.98 Å². The Kier molecular flexibility index (Phi) is 5.01. The van der Waals surface area contributed by atoms with E-state index < -0.39 is 10.8 Å². The second-order valence-electron chi connectivity index (χ2n) is 6.29. The number of aromatic nitrogens is 3. The van der Waals surface area contributed by atoms with Gasteiger partial charge in [0.2, 0.25) is 0 Å². The lowest BCUT2D eigenvalue weighted by atomic mass is 10.3. The van der Waals surface area contributed by atoms with Crippen LogP contribution < -0.4 is 10.2 Å². The molecule has 148 valence electrons. The predicted octanol–water partition coefficient (Wildman–Crippen LogP) is 2.08. The summed E-state index contributed by atoms with van der Waals surface area (Å²) in [4.78, 5) is 30.3. The van der Waals surface area contributed by atoms with Crippen molar-refractivity contribution in [3.63, 3.8) is 0 Å². The van der Waals surface area contributed by atoms with Crippen LogP contribution in [0.1, 0.15) is 10.6 Å². The van der Waals surface area contributed by atoms with Crippen molar-refractivity contribution in [2.75, 3.05) is 36.4 Å². The van der Waals surface area contributed by atoms with Crippen LogP contribution in [0.15, 0.2) is 53.1 Å². The summed E-state index contributed by atoms with van der Waals surface area (Å²) < 4.78 is 5.00. The number of carbonyl (C=O) groups excluding carboxylic acids is 1. The van der Waals surface area contributed by atoms with Crippen molar-refractivity contribution >= 4 is 29.2 Å². The molecule has 3 aromatic rings. The quantitative estimate of drug-likeness (QED) is 0.509. The number of rotatable bonds is 5. The first kappa shape index (κ1) is 18.3. The summed E-state index contributed by atoms with van der Waals surface area (Å²) in [5.41, 5.74) is 0. The van der Waals surface area contributed by atoms with Crippen molar-refractivity contribution in [2.24, 2.45) is 0 Å². The minimum absolute atomic E-state index is 0.0325. The van der Waals surface area contributed by atoms with Crippen LogP contribution in [0.2, 0.25) is 0 Å². The summed E-state index contributed by atoms with van der Waals surface area (Å²) in [5.74, 6) is 1.13. The molecule has 1 aliphatic rings. The van der Waals surface area contributed by atoms with Gasteiger partial charge in [0.25, 0.3) is 5.91 Å². The molecule has 1 aliphatic heterocycles. The van der Waals surface area contributed by atoms with Gasteiger partial charge >= 0.3 is 5.88 Å². The fraction of sp³-hybridized carbons (Fsp3) is 0.222. The van der Waals surface area contributed by atoms with E-state index in [-0.39, 0.29) is 11.7 Å². The van der Waals surface area contributed by atoms with Gasteiger partial charge in [0.1, 0.15) is 10.7 Å². The van der Waals surface area contributed by atoms with E-state index in [4.69, 9.17) is 4.42 Å². The highest BCUT2D eigenvalue weighted by Crippen LogP contribution is 2.20. The minimum atomic E-state index is -0.667. The van der Waals surface area contributed by atoms with Crippen LogP contribution in [0.3, 0.4) is 0 Å². The van der Waals surface area contributed by atoms with Crippen LogP contribution in [-0.2, 0) is 0 Å². The number of hydrogen-bond acceptors (Lipinski definition) is 9. The van der Waals surface area contributed by atoms with E-state index in [1.807, 2.05) is 35.2 Å². The second-order valence-corrected chi connectivity index (χ2v) is 6.29. The lowest BCUT2D eigenvalue weighted by molar-refractivity contribution is -0.402. The number of nitrogens with zero attached hydrogens (tertiary/aromatic N) is 6. The molecule has 0 atom stereocenters. The maximum absolute atomic E-state index is 12.4. The van der Waals surface area contributed by atoms with Gasteiger partial charge in [-0.05, 0) is 30.3 Å². The van der Waals surface area contributed by atoms with E-state index >= 15 is 0 Å². The highest BCUT2D eigenvalue weighted by Gasteiger charge is 2.26. The number of furan rings is 1. The monoisotopic (exact) mass is 395 g/mol. The fourth-order valence-electron chi connectivity index (χ4n) is 2.96. The fourth-order valence-corrected chi connectivity index (χ4v) is 2.96. The molecule has 11 heteroatoms. The predicted molar refractivity (Wildman–Crippen MR) is 103 cm³/mol. The number of anilines is 3. The van der Waals surface area contributed by atoms with E-state index in [9.17, 15) is 14.9 Å². The van der Waals surface area contributed by atoms with E-state index in [0.29, 0.717) is 43.6 Å². The average molecular weight is 395 g/mol. The molecule has 1 saturated heterocycles. The summed E-state index contributed by atoms with van der Waals surface area (Å²) in [6.45, 7) is 2.03. The summed E-state index contributed by atoms with van der Waals surface area (Å²) in [6.07, 6.45) is 1.69. The van der Waals surface area contributed by atoms with Gasteiger partial charge < -0.3 is 19.5 Å². The molecule has 0 radical (unpaired) electrons. The molecule has 4 heterocycles. The van der Waals surface area contributed by atoms with Crippen molar-refractivity contribution in [1.29, 1.82) is 0 Å². The Balaban J connectivity index is 1.34. The van der Waals surface area contributed by atoms with Gasteiger partial charge in [0, 0.05) is 32.4 Å². The lowest BCUT2D eigenvalue weighted by Crippen LogP contribution is -2.49. The Bertz CT molecular complexity index is 999. The molecule has 3 aromatic heterocycles. The van der Waals surface area contributed by atoms with Crippen molar-refractivity contribution < 1.29 is 14.1 Å². The first-order chi connectivity index (χ1) is 14.1. The number of nitrogens with one attached hydrogen (secondary N) is 1. The van der Waals surface area contributed by atoms with Crippen LogP contribution in [0.25, 0.3) is 0 Å². The SMILES string of the molecule is O=C(c1ccc([N+](=O)[O-])o1)N1CCN(c2ccc(Nc3ccccn3)nn2)CC1. The highest BCUT2D eigenvalue weighted by molar-refractivity contribution is 5.92. The third-order valence-corrected chi connectivity index (χ3v) is 4.44. The molecule has 0 spiro atoms. The van der Waals surface area contributed by atoms with E-state index in [1.54, 1.807) is 11.1 Å². The van der Waals surface area contributed by atoms with Crippen LogP contribution in [0.5, 0.6) is 0 Å². The summed E-state index contributed by atoms with van der Waals surface area (Å²) in [5, 5.41) is 22.2. The second kappa shape index (κ2) is 7.92. The van der Waals surface area contributed by atoms with Crippen LogP contribution >= 0.6 is 0 Å². The molecule has 1 amide bonds. The van der Waals surface area contributed by atoms with Crippen molar-refractivity contribution in [1.82, 2.24) is 20.1 Å². The maximum Gasteiger partial charge on any atom is 0.433 e. The molecule has 4 rings (SSSR count). The Morgan fingerprint density at radius 1 is 1.03 bits per heavy atom. The molecular weight excluding hydrogens is 378 g/mol. The van der Waals surface area contributed by atoms with Gasteiger partial charge in [0.05, 0.1) is 6.07 Å². The number of hydrogen-bond donors (Lipinski definition) is 1. The van der Waals surface area contributed by atoms with E-state index in [1.165, 1.54) is 12.1 Å². The molecular formula is C18H17N7O4. The number of nitro groups is 1. The summed E-state index contributed by atoms with van der Waals surface area (Å²) >= 11 is 0. The molecule has 0 saturated carbocycles. The molecule has 29 heavy (non-hydrogen) atoms. The summed E-state index contributed by atoms with van der Waals surface area (Å²) in [6, 6.07) is 11.7. The average Bonchev–Trinajstić information content (AvgIpc) is 3.25. The smallest absolute Gasteiger partial charge is 0.395 e. The molecule has 0 aliphatic carbocycles.